The average molecular weight is 575 g/mol. The Balaban J connectivity index is 2.27. The van der Waals surface area contributed by atoms with Gasteiger partial charge < -0.3 is 11.5 Å². The monoisotopic (exact) mass is 572 g/mol. The molecule has 0 aromatic heterocycles. The Bertz CT molecular complexity index is 1540. The van der Waals surface area contributed by atoms with Crippen molar-refractivity contribution in [3.8, 4) is 0 Å². The van der Waals surface area contributed by atoms with E-state index in [2.05, 4.69) is 47.8 Å². The second-order valence-electron chi connectivity index (χ2n) is 6.84. The van der Waals surface area contributed by atoms with E-state index >= 15 is 0 Å². The van der Waals surface area contributed by atoms with Crippen molar-refractivity contribution in [3.63, 3.8) is 0 Å². The second kappa shape index (κ2) is 6.39. The first-order chi connectivity index (χ1) is 13.8. The van der Waals surface area contributed by atoms with Crippen LogP contribution in [0.3, 0.4) is 0 Å². The van der Waals surface area contributed by atoms with Gasteiger partial charge in [-0.3, -0.25) is 9.59 Å². The molecular formula is C22H11Br3N2O2. The molecule has 7 heteroatoms. The number of hydrogen-bond acceptors (Lipinski definition) is 2. The lowest BCUT2D eigenvalue weighted by molar-refractivity contribution is 0.0993. The number of hydrogen-bond donors (Lipinski definition) is 2. The maximum absolute atomic E-state index is 12.3. The zero-order valence-corrected chi connectivity index (χ0v) is 19.4. The number of carbonyl (C=O) groups excluding carboxylic acids is 2. The number of rotatable bonds is 2. The van der Waals surface area contributed by atoms with Gasteiger partial charge in [0.2, 0.25) is 11.8 Å². The minimum atomic E-state index is -0.505. The van der Waals surface area contributed by atoms with Crippen molar-refractivity contribution in [1.29, 1.82) is 0 Å². The summed E-state index contributed by atoms with van der Waals surface area (Å²) in [5.41, 5.74) is 12.2. The van der Waals surface area contributed by atoms with Crippen molar-refractivity contribution in [2.75, 3.05) is 0 Å². The molecule has 0 saturated carbocycles. The number of amides is 2. The summed E-state index contributed by atoms with van der Waals surface area (Å²) < 4.78 is 2.59. The molecule has 5 aromatic rings. The van der Waals surface area contributed by atoms with E-state index in [0.29, 0.717) is 11.1 Å². The maximum Gasteiger partial charge on any atom is 0.249 e. The van der Waals surface area contributed by atoms with Crippen molar-refractivity contribution in [3.05, 3.63) is 67.0 Å². The Labute approximate surface area is 189 Å². The molecule has 0 fully saturated rings. The van der Waals surface area contributed by atoms with Crippen LogP contribution in [0.2, 0.25) is 0 Å². The normalized spacial score (nSPS) is 11.8. The van der Waals surface area contributed by atoms with Crippen molar-refractivity contribution >= 4 is 103 Å². The second-order valence-corrected chi connectivity index (χ2v) is 9.22. The van der Waals surface area contributed by atoms with E-state index in [9.17, 15) is 9.59 Å². The largest absolute Gasteiger partial charge is 0.366 e. The third kappa shape index (κ3) is 2.41. The molecule has 5 rings (SSSR count). The fraction of sp³-hybridized carbons (Fsp3) is 0. The van der Waals surface area contributed by atoms with Gasteiger partial charge in [0.15, 0.2) is 0 Å². The van der Waals surface area contributed by atoms with Crippen LogP contribution in [0.4, 0.5) is 0 Å². The van der Waals surface area contributed by atoms with Crippen molar-refractivity contribution in [2.24, 2.45) is 11.5 Å². The highest BCUT2D eigenvalue weighted by atomic mass is 79.9. The van der Waals surface area contributed by atoms with Crippen LogP contribution in [0, 0.1) is 0 Å². The van der Waals surface area contributed by atoms with Crippen LogP contribution in [0.1, 0.15) is 20.7 Å². The molecule has 0 saturated heterocycles. The molecule has 4 N–H and O–H groups in total. The number of halogens is 3. The number of nitrogens with two attached hydrogens (primary N) is 2. The molecule has 0 aliphatic rings. The summed E-state index contributed by atoms with van der Waals surface area (Å²) >= 11 is 11.0. The van der Waals surface area contributed by atoms with Gasteiger partial charge >= 0.3 is 0 Å². The maximum atomic E-state index is 12.3. The Morgan fingerprint density at radius 1 is 0.552 bits per heavy atom. The van der Waals surface area contributed by atoms with Gasteiger partial charge in [0.05, 0.1) is 0 Å². The smallest absolute Gasteiger partial charge is 0.249 e. The zero-order chi connectivity index (χ0) is 20.6. The summed E-state index contributed by atoms with van der Waals surface area (Å²) in [5.74, 6) is -1.00. The first kappa shape index (κ1) is 18.8. The lowest BCUT2D eigenvalue weighted by Crippen LogP contribution is -2.13. The van der Waals surface area contributed by atoms with Crippen molar-refractivity contribution in [2.45, 2.75) is 0 Å². The molecule has 2 amide bonds. The molecule has 0 heterocycles. The molecule has 142 valence electrons. The number of benzene rings is 5. The summed E-state index contributed by atoms with van der Waals surface area (Å²) in [6, 6.07) is 13.0. The number of primary amides is 2. The van der Waals surface area contributed by atoms with Gasteiger partial charge in [-0.2, -0.15) is 0 Å². The summed E-state index contributed by atoms with van der Waals surface area (Å²) in [7, 11) is 0. The molecular weight excluding hydrogens is 564 g/mol. The van der Waals surface area contributed by atoms with Gasteiger partial charge in [-0.05, 0) is 86.9 Å². The molecule has 0 unspecified atom stereocenters. The molecule has 0 radical (unpaired) electrons. The highest BCUT2D eigenvalue weighted by molar-refractivity contribution is 9.14. The number of fused-ring (bicyclic) bond motifs is 2. The van der Waals surface area contributed by atoms with Crippen LogP contribution in [0.25, 0.3) is 43.1 Å². The van der Waals surface area contributed by atoms with E-state index in [-0.39, 0.29) is 0 Å². The Hall–Kier alpha value is -2.22. The summed E-state index contributed by atoms with van der Waals surface area (Å²) in [5, 5.41) is 7.02. The third-order valence-corrected chi connectivity index (χ3v) is 8.88. The third-order valence-electron chi connectivity index (χ3n) is 5.41. The lowest BCUT2D eigenvalue weighted by atomic mass is 9.86. The Morgan fingerprint density at radius 3 is 1.83 bits per heavy atom. The van der Waals surface area contributed by atoms with Crippen LogP contribution in [0.15, 0.2) is 55.9 Å². The molecule has 0 aliphatic carbocycles. The minimum Gasteiger partial charge on any atom is -0.366 e. The van der Waals surface area contributed by atoms with Gasteiger partial charge in [-0.15, -0.1) is 0 Å². The van der Waals surface area contributed by atoms with E-state index in [4.69, 9.17) is 11.5 Å². The minimum absolute atomic E-state index is 0.433. The highest BCUT2D eigenvalue weighted by Gasteiger charge is 2.23. The van der Waals surface area contributed by atoms with Gasteiger partial charge in [0.1, 0.15) is 0 Å². The molecule has 4 nitrogen and oxygen atoms in total. The van der Waals surface area contributed by atoms with E-state index in [1.54, 1.807) is 12.1 Å². The number of carbonyl (C=O) groups is 2. The Morgan fingerprint density at radius 2 is 1.14 bits per heavy atom. The summed E-state index contributed by atoms with van der Waals surface area (Å²) in [6.07, 6.45) is 0. The van der Waals surface area contributed by atoms with Crippen molar-refractivity contribution < 1.29 is 9.59 Å². The molecule has 0 spiro atoms. The predicted octanol–water partition coefficient (Wildman–Crippen LogP) is 6.22. The molecule has 29 heavy (non-hydrogen) atoms. The first-order valence-electron chi connectivity index (χ1n) is 8.62. The van der Waals surface area contributed by atoms with Gasteiger partial charge in [0.25, 0.3) is 0 Å². The van der Waals surface area contributed by atoms with Crippen LogP contribution in [-0.4, -0.2) is 11.8 Å². The SMILES string of the molecule is NC(=O)c1ccc2c3c(C(N)=O)ccc4c(Br)c(Br)c(Br)c(c5cccc1c25)c43. The van der Waals surface area contributed by atoms with E-state index < -0.39 is 11.8 Å². The summed E-state index contributed by atoms with van der Waals surface area (Å²) in [4.78, 5) is 24.4. The van der Waals surface area contributed by atoms with Gasteiger partial charge in [0, 0.05) is 40.7 Å². The van der Waals surface area contributed by atoms with E-state index in [1.165, 1.54) is 0 Å². The van der Waals surface area contributed by atoms with Gasteiger partial charge in [-0.1, -0.05) is 30.3 Å². The average Bonchev–Trinajstić information content (AvgIpc) is 2.70. The molecule has 0 aliphatic heterocycles. The molecule has 0 atom stereocenters. The van der Waals surface area contributed by atoms with Crippen molar-refractivity contribution in [1.82, 2.24) is 0 Å². The highest BCUT2D eigenvalue weighted by Crippen LogP contribution is 2.49. The topological polar surface area (TPSA) is 86.2 Å². The van der Waals surface area contributed by atoms with Crippen LogP contribution >= 0.6 is 47.8 Å². The standard InChI is InChI=1S/C22H11Br3N2O2/c23-18-12-6-7-13(22(27)29)15-11-5-4-9(21(26)28)8-2-1-3-10(14(8)11)17(16(12)15)19(24)20(18)25/h1-7H,(H2,26,28)(H2,27,29). The Kier molecular flexibility index (Phi) is 4.14. The molecule has 5 aromatic carbocycles. The quantitative estimate of drug-likeness (QED) is 0.149. The lowest BCUT2D eigenvalue weighted by Gasteiger charge is -2.20. The van der Waals surface area contributed by atoms with E-state index in [0.717, 1.165) is 56.5 Å². The van der Waals surface area contributed by atoms with Crippen LogP contribution in [-0.2, 0) is 0 Å². The first-order valence-corrected chi connectivity index (χ1v) is 11.0. The fourth-order valence-corrected chi connectivity index (χ4v) is 6.07. The molecule has 0 bridgehead atoms. The predicted molar refractivity (Wildman–Crippen MR) is 128 cm³/mol. The van der Waals surface area contributed by atoms with Gasteiger partial charge in [-0.25, -0.2) is 0 Å². The zero-order valence-electron chi connectivity index (χ0n) is 14.6. The van der Waals surface area contributed by atoms with E-state index in [1.807, 2.05) is 30.3 Å². The van der Waals surface area contributed by atoms with Crippen LogP contribution in [0.5, 0.6) is 0 Å². The van der Waals surface area contributed by atoms with Crippen LogP contribution < -0.4 is 11.5 Å². The fourth-order valence-electron chi connectivity index (χ4n) is 4.26. The summed E-state index contributed by atoms with van der Waals surface area (Å²) in [6.45, 7) is 0.